The number of fused-ring (bicyclic) bond motifs is 1. The van der Waals surface area contributed by atoms with Gasteiger partial charge in [0.1, 0.15) is 0 Å². The average molecular weight is 261 g/mol. The van der Waals surface area contributed by atoms with Crippen LogP contribution >= 0.6 is 11.8 Å². The van der Waals surface area contributed by atoms with Crippen molar-refractivity contribution in [1.29, 1.82) is 0 Å². The van der Waals surface area contributed by atoms with E-state index in [4.69, 9.17) is 0 Å². The van der Waals surface area contributed by atoms with Gasteiger partial charge in [0.2, 0.25) is 0 Å². The Balaban J connectivity index is 1.62. The molecule has 0 radical (unpaired) electrons. The van der Waals surface area contributed by atoms with Gasteiger partial charge in [-0.2, -0.15) is 0 Å². The van der Waals surface area contributed by atoms with E-state index in [9.17, 15) is 0 Å². The first kappa shape index (κ1) is 12.6. The van der Waals surface area contributed by atoms with Crippen LogP contribution in [0.25, 0.3) is 0 Å². The first-order valence-corrected chi connectivity index (χ1v) is 8.29. The van der Waals surface area contributed by atoms with Crippen LogP contribution in [0.2, 0.25) is 0 Å². The van der Waals surface area contributed by atoms with Gasteiger partial charge in [-0.05, 0) is 43.1 Å². The zero-order chi connectivity index (χ0) is 12.4. The summed E-state index contributed by atoms with van der Waals surface area (Å²) in [6, 6.07) is 10.1. The van der Waals surface area contributed by atoms with E-state index < -0.39 is 0 Å². The summed E-state index contributed by atoms with van der Waals surface area (Å²) in [5.41, 5.74) is 1.52. The SMILES string of the molecule is CC(CC1CCC1)NC1CCSc2ccccc21. The second-order valence-corrected chi connectivity index (χ2v) is 6.96. The maximum atomic E-state index is 3.86. The Morgan fingerprint density at radius 3 is 2.89 bits per heavy atom. The van der Waals surface area contributed by atoms with Crippen molar-refractivity contribution in [3.8, 4) is 0 Å². The molecule has 1 aliphatic carbocycles. The van der Waals surface area contributed by atoms with E-state index in [0.717, 1.165) is 5.92 Å². The summed E-state index contributed by atoms with van der Waals surface area (Å²) in [5, 5.41) is 3.86. The largest absolute Gasteiger partial charge is 0.307 e. The molecule has 0 aromatic heterocycles. The predicted octanol–water partition coefficient (Wildman–Crippen LogP) is 4.39. The van der Waals surface area contributed by atoms with Crippen molar-refractivity contribution >= 4 is 11.8 Å². The second kappa shape index (κ2) is 5.66. The maximum absolute atomic E-state index is 3.86. The van der Waals surface area contributed by atoms with Gasteiger partial charge < -0.3 is 5.32 Å². The predicted molar refractivity (Wildman–Crippen MR) is 79.1 cm³/mol. The Kier molecular flexibility index (Phi) is 3.95. The highest BCUT2D eigenvalue weighted by atomic mass is 32.2. The van der Waals surface area contributed by atoms with Crippen LogP contribution in [0.1, 0.15) is 50.6 Å². The first-order chi connectivity index (χ1) is 8.83. The average Bonchev–Trinajstić information content (AvgIpc) is 2.34. The molecule has 1 fully saturated rings. The van der Waals surface area contributed by atoms with Crippen LogP contribution in [0.4, 0.5) is 0 Å². The smallest absolute Gasteiger partial charge is 0.0341 e. The lowest BCUT2D eigenvalue weighted by atomic mass is 9.81. The Morgan fingerprint density at radius 2 is 2.11 bits per heavy atom. The van der Waals surface area contributed by atoms with Gasteiger partial charge in [-0.1, -0.05) is 37.5 Å². The van der Waals surface area contributed by atoms with Gasteiger partial charge in [-0.3, -0.25) is 0 Å². The molecule has 1 aliphatic heterocycles. The van der Waals surface area contributed by atoms with Crippen molar-refractivity contribution in [3.05, 3.63) is 29.8 Å². The minimum Gasteiger partial charge on any atom is -0.307 e. The number of nitrogens with one attached hydrogen (secondary N) is 1. The fourth-order valence-corrected chi connectivity index (χ4v) is 4.28. The van der Waals surface area contributed by atoms with E-state index >= 15 is 0 Å². The third kappa shape index (κ3) is 2.75. The number of hydrogen-bond acceptors (Lipinski definition) is 2. The van der Waals surface area contributed by atoms with Crippen LogP contribution in [-0.2, 0) is 0 Å². The van der Waals surface area contributed by atoms with Gasteiger partial charge in [0.05, 0.1) is 0 Å². The van der Waals surface area contributed by atoms with E-state index in [-0.39, 0.29) is 0 Å². The minimum atomic E-state index is 0.581. The Hall–Kier alpha value is -0.470. The summed E-state index contributed by atoms with van der Waals surface area (Å²) in [5.74, 6) is 2.26. The van der Waals surface area contributed by atoms with Gasteiger partial charge in [0.15, 0.2) is 0 Å². The Bertz CT molecular complexity index is 400. The monoisotopic (exact) mass is 261 g/mol. The standard InChI is InChI=1S/C16H23NS/c1-12(11-13-5-4-6-13)17-15-9-10-18-16-8-3-2-7-14(15)16/h2-3,7-8,12-13,15,17H,4-6,9-11H2,1H3. The van der Waals surface area contributed by atoms with E-state index in [0.29, 0.717) is 12.1 Å². The van der Waals surface area contributed by atoms with Crippen LogP contribution in [0.3, 0.4) is 0 Å². The molecule has 1 nitrogen and oxygen atoms in total. The molecule has 2 heteroatoms. The molecular weight excluding hydrogens is 238 g/mol. The normalized spacial score (nSPS) is 25.3. The van der Waals surface area contributed by atoms with Crippen LogP contribution in [-0.4, -0.2) is 11.8 Å². The molecule has 98 valence electrons. The number of thioether (sulfide) groups is 1. The molecule has 0 amide bonds. The lowest BCUT2D eigenvalue weighted by Gasteiger charge is -2.33. The zero-order valence-electron chi connectivity index (χ0n) is 11.2. The van der Waals surface area contributed by atoms with E-state index in [2.05, 4.69) is 36.5 Å². The third-order valence-electron chi connectivity index (χ3n) is 4.36. The summed E-state index contributed by atoms with van der Waals surface area (Å²) in [6.45, 7) is 2.36. The fourth-order valence-electron chi connectivity index (χ4n) is 3.16. The van der Waals surface area contributed by atoms with Crippen LogP contribution in [0.5, 0.6) is 0 Å². The van der Waals surface area contributed by atoms with Crippen molar-refractivity contribution in [2.24, 2.45) is 5.92 Å². The Labute approximate surface area is 115 Å². The molecule has 18 heavy (non-hydrogen) atoms. The van der Waals surface area contributed by atoms with Crippen LogP contribution in [0.15, 0.2) is 29.2 Å². The summed E-state index contributed by atoms with van der Waals surface area (Å²) in [4.78, 5) is 1.48. The zero-order valence-corrected chi connectivity index (χ0v) is 12.0. The van der Waals surface area contributed by atoms with Gasteiger partial charge in [0.25, 0.3) is 0 Å². The molecule has 1 aromatic carbocycles. The summed E-state index contributed by atoms with van der Waals surface area (Å²) in [7, 11) is 0. The molecule has 3 rings (SSSR count). The molecule has 1 saturated carbocycles. The maximum Gasteiger partial charge on any atom is 0.0341 e. The summed E-state index contributed by atoms with van der Waals surface area (Å²) in [6.07, 6.45) is 7.02. The molecule has 2 atom stereocenters. The molecule has 0 saturated heterocycles. The highest BCUT2D eigenvalue weighted by molar-refractivity contribution is 7.99. The van der Waals surface area contributed by atoms with Gasteiger partial charge in [-0.25, -0.2) is 0 Å². The molecule has 2 unspecified atom stereocenters. The highest BCUT2D eigenvalue weighted by Gasteiger charge is 2.24. The second-order valence-electron chi connectivity index (χ2n) is 5.83. The fraction of sp³-hybridized carbons (Fsp3) is 0.625. The lowest BCUT2D eigenvalue weighted by Crippen LogP contribution is -2.34. The minimum absolute atomic E-state index is 0.581. The molecule has 0 spiro atoms. The molecule has 1 N–H and O–H groups in total. The first-order valence-electron chi connectivity index (χ1n) is 7.30. The number of benzene rings is 1. The van der Waals surface area contributed by atoms with E-state index in [1.807, 2.05) is 11.8 Å². The molecular formula is C16H23NS. The van der Waals surface area contributed by atoms with Crippen molar-refractivity contribution in [1.82, 2.24) is 5.32 Å². The lowest BCUT2D eigenvalue weighted by molar-refractivity contribution is 0.256. The third-order valence-corrected chi connectivity index (χ3v) is 5.48. The highest BCUT2D eigenvalue weighted by Crippen LogP contribution is 2.37. The van der Waals surface area contributed by atoms with Gasteiger partial charge in [0, 0.05) is 17.0 Å². The number of rotatable bonds is 4. The van der Waals surface area contributed by atoms with Crippen molar-refractivity contribution in [2.45, 2.75) is 56.0 Å². The van der Waals surface area contributed by atoms with Crippen LogP contribution in [0, 0.1) is 5.92 Å². The molecule has 1 aromatic rings. The van der Waals surface area contributed by atoms with Crippen molar-refractivity contribution in [2.75, 3.05) is 5.75 Å². The Morgan fingerprint density at radius 1 is 1.28 bits per heavy atom. The quantitative estimate of drug-likeness (QED) is 0.862. The number of hydrogen-bond donors (Lipinski definition) is 1. The van der Waals surface area contributed by atoms with E-state index in [1.165, 1.54) is 48.3 Å². The summed E-state index contributed by atoms with van der Waals surface area (Å²) < 4.78 is 0. The van der Waals surface area contributed by atoms with E-state index in [1.54, 1.807) is 0 Å². The van der Waals surface area contributed by atoms with Gasteiger partial charge in [-0.15, -0.1) is 11.8 Å². The molecule has 2 aliphatic rings. The molecule has 1 heterocycles. The van der Waals surface area contributed by atoms with Crippen LogP contribution < -0.4 is 5.32 Å². The summed E-state index contributed by atoms with van der Waals surface area (Å²) >= 11 is 2.01. The molecule has 0 bridgehead atoms. The van der Waals surface area contributed by atoms with Gasteiger partial charge >= 0.3 is 0 Å². The van der Waals surface area contributed by atoms with Crippen molar-refractivity contribution < 1.29 is 0 Å². The van der Waals surface area contributed by atoms with Crippen molar-refractivity contribution in [3.63, 3.8) is 0 Å². The topological polar surface area (TPSA) is 12.0 Å².